The Hall–Kier alpha value is -3.94. The van der Waals surface area contributed by atoms with Gasteiger partial charge in [-0.25, -0.2) is 9.18 Å². The number of carboxylic acid groups (broad SMARTS) is 1. The molecule has 2 heterocycles. The highest BCUT2D eigenvalue weighted by atomic mass is 19.1. The summed E-state index contributed by atoms with van der Waals surface area (Å²) in [7, 11) is 1.70. The van der Waals surface area contributed by atoms with E-state index in [9.17, 15) is 23.9 Å². The fourth-order valence-electron chi connectivity index (χ4n) is 4.35. The zero-order valence-corrected chi connectivity index (χ0v) is 18.9. The van der Waals surface area contributed by atoms with E-state index in [1.54, 1.807) is 24.2 Å². The summed E-state index contributed by atoms with van der Waals surface area (Å²) in [5.74, 6) is -1.56. The Balaban J connectivity index is 1.53. The van der Waals surface area contributed by atoms with Gasteiger partial charge in [-0.2, -0.15) is 0 Å². The Morgan fingerprint density at radius 1 is 1.06 bits per heavy atom. The van der Waals surface area contributed by atoms with Gasteiger partial charge in [-0.3, -0.25) is 9.59 Å². The van der Waals surface area contributed by atoms with Gasteiger partial charge >= 0.3 is 12.1 Å². The number of carbonyl (C=O) groups excluding carboxylic acids is 1. The SMILES string of the molecule is C[C@@H](c1ccc(-c2ccc(=O)n(C)c2)cc1)N1CC[C@](CC(=O)O)(c2ccc(F)cc2)OC1=O. The van der Waals surface area contributed by atoms with Crippen LogP contribution in [-0.2, 0) is 22.2 Å². The van der Waals surface area contributed by atoms with E-state index in [0.717, 1.165) is 16.7 Å². The summed E-state index contributed by atoms with van der Waals surface area (Å²) in [4.78, 5) is 37.7. The van der Waals surface area contributed by atoms with Crippen LogP contribution in [0.3, 0.4) is 0 Å². The van der Waals surface area contributed by atoms with E-state index in [1.807, 2.05) is 31.2 Å². The molecule has 4 rings (SSSR count). The summed E-state index contributed by atoms with van der Waals surface area (Å²) in [6, 6.07) is 16.0. The monoisotopic (exact) mass is 464 g/mol. The maximum Gasteiger partial charge on any atom is 0.411 e. The molecule has 0 spiro atoms. The second-order valence-corrected chi connectivity index (χ2v) is 8.55. The predicted octanol–water partition coefficient (Wildman–Crippen LogP) is 4.46. The smallest absolute Gasteiger partial charge is 0.411 e. The molecule has 1 aliphatic rings. The summed E-state index contributed by atoms with van der Waals surface area (Å²) in [6.45, 7) is 2.16. The number of aryl methyl sites for hydroxylation is 1. The molecule has 1 aromatic heterocycles. The molecule has 0 unspecified atom stereocenters. The van der Waals surface area contributed by atoms with Crippen molar-refractivity contribution in [3.8, 4) is 11.1 Å². The van der Waals surface area contributed by atoms with Crippen LogP contribution >= 0.6 is 0 Å². The van der Waals surface area contributed by atoms with E-state index in [1.165, 1.54) is 34.9 Å². The van der Waals surface area contributed by atoms with Gasteiger partial charge in [-0.15, -0.1) is 0 Å². The molecular weight excluding hydrogens is 439 g/mol. The molecule has 1 N–H and O–H groups in total. The van der Waals surface area contributed by atoms with Crippen molar-refractivity contribution in [2.45, 2.75) is 31.4 Å². The molecule has 1 fully saturated rings. The van der Waals surface area contributed by atoms with Crippen LogP contribution < -0.4 is 5.56 Å². The number of carbonyl (C=O) groups is 2. The molecule has 2 atom stereocenters. The van der Waals surface area contributed by atoms with Crippen molar-refractivity contribution in [3.63, 3.8) is 0 Å². The third kappa shape index (κ3) is 4.57. The molecule has 0 saturated carbocycles. The Morgan fingerprint density at radius 2 is 1.71 bits per heavy atom. The molecule has 8 heteroatoms. The van der Waals surface area contributed by atoms with Gasteiger partial charge in [0, 0.05) is 32.3 Å². The van der Waals surface area contributed by atoms with E-state index in [2.05, 4.69) is 0 Å². The average molecular weight is 464 g/mol. The number of carboxylic acids is 1. The fourth-order valence-corrected chi connectivity index (χ4v) is 4.35. The van der Waals surface area contributed by atoms with Crippen LogP contribution in [0.1, 0.15) is 36.9 Å². The van der Waals surface area contributed by atoms with Crippen molar-refractivity contribution in [3.05, 3.63) is 94.2 Å². The maximum absolute atomic E-state index is 13.4. The van der Waals surface area contributed by atoms with E-state index in [4.69, 9.17) is 4.74 Å². The van der Waals surface area contributed by atoms with Gasteiger partial charge in [0.2, 0.25) is 5.56 Å². The summed E-state index contributed by atoms with van der Waals surface area (Å²) >= 11 is 0. The zero-order valence-electron chi connectivity index (χ0n) is 18.9. The number of pyridine rings is 1. The number of benzene rings is 2. The van der Waals surface area contributed by atoms with Crippen LogP contribution in [-0.4, -0.2) is 33.2 Å². The molecular formula is C26H25FN2O5. The van der Waals surface area contributed by atoms with Gasteiger partial charge in [-0.05, 0) is 47.4 Å². The van der Waals surface area contributed by atoms with Gasteiger partial charge in [0.15, 0.2) is 5.60 Å². The first kappa shape index (κ1) is 23.2. The maximum atomic E-state index is 13.4. The number of amides is 1. The van der Waals surface area contributed by atoms with Gasteiger partial charge in [-0.1, -0.05) is 36.4 Å². The van der Waals surface area contributed by atoms with E-state index in [0.29, 0.717) is 5.56 Å². The number of cyclic esters (lactones) is 1. The third-order valence-corrected chi connectivity index (χ3v) is 6.36. The summed E-state index contributed by atoms with van der Waals surface area (Å²) < 4.78 is 20.6. The zero-order chi connectivity index (χ0) is 24.5. The molecule has 7 nitrogen and oxygen atoms in total. The van der Waals surface area contributed by atoms with E-state index in [-0.39, 0.29) is 24.6 Å². The fraction of sp³-hybridized carbons (Fsp3) is 0.269. The minimum Gasteiger partial charge on any atom is -0.481 e. The number of nitrogens with zero attached hydrogens (tertiary/aromatic N) is 2. The Labute approximate surface area is 196 Å². The molecule has 0 aliphatic carbocycles. The lowest BCUT2D eigenvalue weighted by atomic mass is 9.85. The highest BCUT2D eigenvalue weighted by molar-refractivity contribution is 5.73. The Kier molecular flexibility index (Phi) is 6.24. The minimum atomic E-state index is -1.35. The van der Waals surface area contributed by atoms with Crippen molar-refractivity contribution in [2.24, 2.45) is 7.05 Å². The van der Waals surface area contributed by atoms with Crippen molar-refractivity contribution < 1.29 is 23.8 Å². The van der Waals surface area contributed by atoms with Crippen LogP contribution in [0.5, 0.6) is 0 Å². The molecule has 2 aromatic carbocycles. The number of hydrogen-bond acceptors (Lipinski definition) is 4. The first-order chi connectivity index (χ1) is 16.2. The second kappa shape index (κ2) is 9.13. The highest BCUT2D eigenvalue weighted by Gasteiger charge is 2.45. The summed E-state index contributed by atoms with van der Waals surface area (Å²) in [6.07, 6.45) is 1.00. The number of aromatic nitrogens is 1. The molecule has 176 valence electrons. The molecule has 1 amide bonds. The molecule has 1 saturated heterocycles. The van der Waals surface area contributed by atoms with Gasteiger partial charge in [0.1, 0.15) is 5.82 Å². The highest BCUT2D eigenvalue weighted by Crippen LogP contribution is 2.39. The number of ether oxygens (including phenoxy) is 1. The summed E-state index contributed by atoms with van der Waals surface area (Å²) in [5, 5.41) is 9.44. The first-order valence-electron chi connectivity index (χ1n) is 10.9. The van der Waals surface area contributed by atoms with Crippen LogP contribution in [0.25, 0.3) is 11.1 Å². The quantitative estimate of drug-likeness (QED) is 0.582. The lowest BCUT2D eigenvalue weighted by Gasteiger charge is -2.42. The van der Waals surface area contributed by atoms with Crippen molar-refractivity contribution in [1.82, 2.24) is 9.47 Å². The lowest BCUT2D eigenvalue weighted by molar-refractivity contribution is -0.146. The Bertz CT molecular complexity index is 1270. The van der Waals surface area contributed by atoms with Gasteiger partial charge in [0.25, 0.3) is 0 Å². The predicted molar refractivity (Wildman–Crippen MR) is 124 cm³/mol. The number of aliphatic carboxylic acids is 1. The standard InChI is InChI=1S/C26H25FN2O5/c1-17(18-3-5-19(6-4-18)20-7-12-23(30)28(2)16-20)29-14-13-26(15-24(31)32,34-25(29)33)21-8-10-22(27)11-9-21/h3-12,16-17H,13-15H2,1-2H3,(H,31,32)/t17-,26-/m0/s1. The average Bonchev–Trinajstić information content (AvgIpc) is 2.80. The van der Waals surface area contributed by atoms with Crippen LogP contribution in [0.4, 0.5) is 9.18 Å². The van der Waals surface area contributed by atoms with Gasteiger partial charge < -0.3 is 19.3 Å². The topological polar surface area (TPSA) is 88.8 Å². The minimum absolute atomic E-state index is 0.0859. The van der Waals surface area contributed by atoms with E-state index < -0.39 is 29.9 Å². The van der Waals surface area contributed by atoms with Crippen LogP contribution in [0, 0.1) is 5.82 Å². The molecule has 34 heavy (non-hydrogen) atoms. The van der Waals surface area contributed by atoms with E-state index >= 15 is 0 Å². The molecule has 0 radical (unpaired) electrons. The Morgan fingerprint density at radius 3 is 2.29 bits per heavy atom. The normalized spacial score (nSPS) is 18.9. The number of halogens is 1. The van der Waals surface area contributed by atoms with Crippen molar-refractivity contribution in [1.29, 1.82) is 0 Å². The van der Waals surface area contributed by atoms with Gasteiger partial charge in [0.05, 0.1) is 12.5 Å². The number of hydrogen-bond donors (Lipinski definition) is 1. The second-order valence-electron chi connectivity index (χ2n) is 8.55. The van der Waals surface area contributed by atoms with Crippen molar-refractivity contribution in [2.75, 3.05) is 6.54 Å². The third-order valence-electron chi connectivity index (χ3n) is 6.36. The lowest BCUT2D eigenvalue weighted by Crippen LogP contribution is -2.49. The largest absolute Gasteiger partial charge is 0.481 e. The molecule has 0 bridgehead atoms. The number of rotatable bonds is 6. The van der Waals surface area contributed by atoms with Crippen molar-refractivity contribution >= 4 is 12.1 Å². The van der Waals surface area contributed by atoms with Crippen LogP contribution in [0.2, 0.25) is 0 Å². The summed E-state index contributed by atoms with van der Waals surface area (Å²) in [5.41, 5.74) is 1.75. The van der Waals surface area contributed by atoms with Crippen LogP contribution in [0.15, 0.2) is 71.7 Å². The molecule has 1 aliphatic heterocycles. The molecule has 3 aromatic rings. The first-order valence-corrected chi connectivity index (χ1v) is 10.9.